The number of aromatic hydroxyl groups is 3. The van der Waals surface area contributed by atoms with Crippen LogP contribution in [0.3, 0.4) is 0 Å². The summed E-state index contributed by atoms with van der Waals surface area (Å²) in [7, 11) is 4.84. The molecule has 0 aliphatic carbocycles. The highest BCUT2D eigenvalue weighted by Crippen LogP contribution is 2.30. The van der Waals surface area contributed by atoms with Crippen molar-refractivity contribution in [1.29, 1.82) is 0 Å². The highest BCUT2D eigenvalue weighted by molar-refractivity contribution is 5.94. The molecule has 25 heteroatoms. The highest BCUT2D eigenvalue weighted by atomic mass is 16.7. The average Bonchev–Trinajstić information content (AvgIpc) is 3.32. The number of anilines is 3. The minimum absolute atomic E-state index is 0.155. The summed E-state index contributed by atoms with van der Waals surface area (Å²) in [4.78, 5) is 39.2. The van der Waals surface area contributed by atoms with Gasteiger partial charge in [-0.05, 0) is 54.6 Å². The first-order chi connectivity index (χ1) is 32.9. The Morgan fingerprint density at radius 1 is 0.478 bits per heavy atom. The number of hydrogen-bond acceptors (Lipinski definition) is 22. The maximum absolute atomic E-state index is 13.3. The molecule has 25 nitrogen and oxygen atoms in total. The molecule has 3 aliphatic heterocycles. The number of phenolic OH excluding ortho intramolecular Hbond substituents is 3. The number of carbonyl (C=O) groups excluding carboxylic acids is 3. The van der Waals surface area contributed by atoms with Gasteiger partial charge in [0.05, 0.1) is 34.4 Å². The second kappa shape index (κ2) is 23.3. The standard InChI is InChI=1S/C44H60N6O19/c1-48-32-27(67-29(35(54)36(32)55)15-64-41(58)21-10-18(45)4-7-24(21)51)13-62-39-30(16-65-42(59)22-11-19(46)5-8-25(22)52)68-28(33(49-2)37(39)56)14-63-40-31(69-44(61)34(50-3)38(40)57)17-66-43(60)23-12-20(47)6-9-26(23)53/h4-12,27-40,44,48-57,61H,13-17,45-47H2,1-3H3/p+3/t27-,28-,29?,30?,31?,32?,33?,34?,35-,36+,37+,38+,39-,40-,44+/m0/s1. The maximum atomic E-state index is 13.3. The number of likely N-dealkylation sites (N-methyl/N-ethyl adjacent to an activating group) is 3. The van der Waals surface area contributed by atoms with E-state index in [1.54, 1.807) is 31.8 Å². The lowest BCUT2D eigenvalue weighted by atomic mass is 9.91. The predicted molar refractivity (Wildman–Crippen MR) is 235 cm³/mol. The van der Waals surface area contributed by atoms with Crippen LogP contribution >= 0.6 is 0 Å². The van der Waals surface area contributed by atoms with Crippen LogP contribution in [0.5, 0.6) is 17.2 Å². The molecule has 6 rings (SSSR count). The molecule has 69 heavy (non-hydrogen) atoms. The van der Waals surface area contributed by atoms with Crippen molar-refractivity contribution in [2.75, 3.05) is 71.4 Å². The van der Waals surface area contributed by atoms with Gasteiger partial charge in [0.15, 0.2) is 6.04 Å². The van der Waals surface area contributed by atoms with E-state index >= 15 is 0 Å². The second-order valence-electron chi connectivity index (χ2n) is 16.9. The van der Waals surface area contributed by atoms with E-state index in [2.05, 4.69) is 0 Å². The number of carbonyl (C=O) groups is 3. The fourth-order valence-corrected chi connectivity index (χ4v) is 8.64. The van der Waals surface area contributed by atoms with Crippen molar-refractivity contribution < 1.29 is 109 Å². The van der Waals surface area contributed by atoms with E-state index in [-0.39, 0.29) is 47.0 Å². The number of quaternary nitrogens is 3. The maximum Gasteiger partial charge on any atom is 0.342 e. The first kappa shape index (κ1) is 52.7. The number of aliphatic hydroxyl groups is 5. The summed E-state index contributed by atoms with van der Waals surface area (Å²) in [5.41, 5.74) is 17.2. The van der Waals surface area contributed by atoms with Crippen molar-refractivity contribution in [3.8, 4) is 17.2 Å². The van der Waals surface area contributed by atoms with Crippen molar-refractivity contribution in [2.45, 2.75) is 91.6 Å². The van der Waals surface area contributed by atoms with Gasteiger partial charge < -0.3 is 112 Å². The molecule has 0 amide bonds. The van der Waals surface area contributed by atoms with Crippen molar-refractivity contribution in [3.05, 3.63) is 71.3 Å². The van der Waals surface area contributed by atoms with E-state index in [1.807, 2.05) is 0 Å². The molecule has 0 saturated carbocycles. The van der Waals surface area contributed by atoms with Gasteiger partial charge in [-0.25, -0.2) is 14.4 Å². The van der Waals surface area contributed by atoms with Crippen LogP contribution in [0.1, 0.15) is 31.1 Å². The molecule has 3 aromatic rings. The van der Waals surface area contributed by atoms with Gasteiger partial charge in [0.1, 0.15) is 133 Å². The fourth-order valence-electron chi connectivity index (χ4n) is 8.64. The molecule has 0 aromatic heterocycles. The number of hydrogen-bond donors (Lipinski definition) is 14. The Hall–Kier alpha value is -5.65. The Labute approximate surface area is 394 Å². The molecule has 20 N–H and O–H groups in total. The molecule has 0 spiro atoms. The first-order valence-corrected chi connectivity index (χ1v) is 22.1. The number of aliphatic hydroxyl groups excluding tert-OH is 5. The van der Waals surface area contributed by atoms with Crippen molar-refractivity contribution in [3.63, 3.8) is 0 Å². The van der Waals surface area contributed by atoms with Crippen LogP contribution in [0, 0.1) is 0 Å². The van der Waals surface area contributed by atoms with Gasteiger partial charge in [0.25, 0.3) is 0 Å². The zero-order valence-corrected chi connectivity index (χ0v) is 37.9. The predicted octanol–water partition coefficient (Wildman–Crippen LogP) is -6.43. The van der Waals surface area contributed by atoms with E-state index < -0.39 is 147 Å². The second-order valence-corrected chi connectivity index (χ2v) is 16.9. The first-order valence-electron chi connectivity index (χ1n) is 22.1. The summed E-state index contributed by atoms with van der Waals surface area (Å²) in [5.74, 6) is -4.18. The summed E-state index contributed by atoms with van der Waals surface area (Å²) in [6.07, 6.45) is -16.0. The third-order valence-corrected chi connectivity index (χ3v) is 12.4. The van der Waals surface area contributed by atoms with Crippen LogP contribution in [0.15, 0.2) is 54.6 Å². The topological polar surface area (TPSA) is 415 Å². The quantitative estimate of drug-likeness (QED) is 0.0244. The largest absolute Gasteiger partial charge is 0.507 e. The van der Waals surface area contributed by atoms with Crippen molar-refractivity contribution in [1.82, 2.24) is 0 Å². The SMILES string of the molecule is C[NH2+]C1[C@H](CO[C@H]2C(COC(=O)c3cc(N)ccc3O)O[C@@H](CO[C@H]3C(COC(=O)c4cc(N)ccc4O)O[C@@H](O)C([NH2+]C)[C@H]3O)C([NH2+]C)[C@H]2O)OC(COC(=O)c2cc(N)ccc2O)[C@H](O)[C@@H]1O. The Morgan fingerprint density at radius 3 is 1.23 bits per heavy atom. The fraction of sp³-hybridized carbons (Fsp3) is 0.523. The van der Waals surface area contributed by atoms with Crippen molar-refractivity contribution in [2.24, 2.45) is 0 Å². The Morgan fingerprint density at radius 2 is 0.826 bits per heavy atom. The van der Waals surface area contributed by atoms with Crippen LogP contribution in [0.4, 0.5) is 17.1 Å². The molecule has 3 fully saturated rings. The molecular formula is C44H63N6O19+3. The van der Waals surface area contributed by atoms with Crippen LogP contribution in [0.2, 0.25) is 0 Å². The van der Waals surface area contributed by atoms with E-state index in [0.717, 1.165) is 0 Å². The van der Waals surface area contributed by atoms with Gasteiger partial charge in [0, 0.05) is 17.1 Å². The number of nitrogens with two attached hydrogens (primary N) is 6. The molecule has 3 heterocycles. The lowest BCUT2D eigenvalue weighted by Crippen LogP contribution is -2.95. The van der Waals surface area contributed by atoms with E-state index in [1.165, 1.54) is 59.9 Å². The number of nitrogen functional groups attached to an aromatic ring is 3. The monoisotopic (exact) mass is 979 g/mol. The molecule has 380 valence electrons. The minimum atomic E-state index is -1.55. The van der Waals surface area contributed by atoms with E-state index in [9.17, 15) is 55.2 Å². The van der Waals surface area contributed by atoms with Gasteiger partial charge in [-0.2, -0.15) is 0 Å². The summed E-state index contributed by atoms with van der Waals surface area (Å²) in [6.45, 7) is -2.47. The molecule has 3 aromatic carbocycles. The number of phenols is 3. The number of rotatable bonds is 18. The Kier molecular flexibility index (Phi) is 17.8. The van der Waals surface area contributed by atoms with Crippen LogP contribution in [-0.2, 0) is 37.9 Å². The number of benzene rings is 3. The van der Waals surface area contributed by atoms with Crippen LogP contribution in [-0.4, -0.2) is 204 Å². The summed E-state index contributed by atoms with van der Waals surface area (Å²) >= 11 is 0. The Balaban J connectivity index is 1.20. The minimum Gasteiger partial charge on any atom is -0.507 e. The van der Waals surface area contributed by atoms with E-state index in [4.69, 9.17) is 55.1 Å². The molecule has 0 radical (unpaired) electrons. The lowest BCUT2D eigenvalue weighted by Gasteiger charge is -2.45. The van der Waals surface area contributed by atoms with Crippen molar-refractivity contribution >= 4 is 35.0 Å². The van der Waals surface area contributed by atoms with Gasteiger partial charge in [-0.3, -0.25) is 0 Å². The van der Waals surface area contributed by atoms with Gasteiger partial charge >= 0.3 is 17.9 Å². The zero-order chi connectivity index (χ0) is 50.3. The smallest absolute Gasteiger partial charge is 0.342 e. The van der Waals surface area contributed by atoms with E-state index in [0.29, 0.717) is 0 Å². The molecule has 6 unspecified atom stereocenters. The highest BCUT2D eigenvalue weighted by Gasteiger charge is 2.53. The molecule has 15 atom stereocenters. The molecule has 3 saturated heterocycles. The average molecular weight is 980 g/mol. The lowest BCUT2D eigenvalue weighted by molar-refractivity contribution is -0.695. The zero-order valence-electron chi connectivity index (χ0n) is 37.9. The summed E-state index contributed by atoms with van der Waals surface area (Å²) in [6, 6.07) is 8.67. The molecule has 3 aliphatic rings. The number of esters is 3. The number of ether oxygens (including phenoxy) is 8. The van der Waals surface area contributed by atoms with Gasteiger partial charge in [-0.15, -0.1) is 0 Å². The van der Waals surface area contributed by atoms with Gasteiger partial charge in [0.2, 0.25) is 6.29 Å². The summed E-state index contributed by atoms with van der Waals surface area (Å²) in [5, 5.41) is 92.0. The third-order valence-electron chi connectivity index (χ3n) is 12.4. The third kappa shape index (κ3) is 12.2. The molecular weight excluding hydrogens is 917 g/mol. The van der Waals surface area contributed by atoms with Crippen LogP contribution in [0.25, 0.3) is 0 Å². The Bertz CT molecular complexity index is 2240. The van der Waals surface area contributed by atoms with Gasteiger partial charge in [-0.1, -0.05) is 0 Å². The molecule has 0 bridgehead atoms. The van der Waals surface area contributed by atoms with Crippen LogP contribution < -0.4 is 33.2 Å². The normalized spacial score (nSPS) is 31.4. The summed E-state index contributed by atoms with van der Waals surface area (Å²) < 4.78 is 47.3.